The zero-order valence-electron chi connectivity index (χ0n) is 21.6. The second kappa shape index (κ2) is 9.91. The number of methoxy groups -OCH3 is 1. The minimum Gasteiger partial charge on any atom is -0.494 e. The summed E-state index contributed by atoms with van der Waals surface area (Å²) in [4.78, 5) is 35.1. The zero-order valence-corrected chi connectivity index (χ0v) is 21.6. The van der Waals surface area contributed by atoms with Crippen LogP contribution < -0.4 is 14.5 Å². The number of ether oxygens (including phenoxy) is 2. The van der Waals surface area contributed by atoms with Crippen LogP contribution >= 0.6 is 0 Å². The van der Waals surface area contributed by atoms with Gasteiger partial charge in [0.25, 0.3) is 6.43 Å². The van der Waals surface area contributed by atoms with Gasteiger partial charge in [0, 0.05) is 31.7 Å². The molecule has 0 saturated carbocycles. The number of likely N-dealkylation sites (tertiary alicyclic amines) is 1. The summed E-state index contributed by atoms with van der Waals surface area (Å²) >= 11 is 0. The van der Waals surface area contributed by atoms with E-state index >= 15 is 0 Å². The fourth-order valence-corrected chi connectivity index (χ4v) is 4.64. The molecule has 2 saturated heterocycles. The van der Waals surface area contributed by atoms with Crippen LogP contribution in [0.1, 0.15) is 33.0 Å². The number of alkyl halides is 2. The second-order valence-corrected chi connectivity index (χ2v) is 10.2. The molecule has 0 atom stereocenters. The molecule has 38 heavy (non-hydrogen) atoms. The average molecular weight is 533 g/mol. The molecule has 1 amide bonds. The molecule has 0 radical (unpaired) electrons. The Kier molecular flexibility index (Phi) is 6.77. The molecule has 2 aliphatic heterocycles. The van der Waals surface area contributed by atoms with Gasteiger partial charge in [-0.25, -0.2) is 23.5 Å². The lowest BCUT2D eigenvalue weighted by Crippen LogP contribution is -2.66. The molecule has 2 fully saturated rings. The van der Waals surface area contributed by atoms with Gasteiger partial charge in [0.2, 0.25) is 17.8 Å². The number of nitrogens with zero attached hydrogens (tertiary/aromatic N) is 8. The molecule has 2 aromatic heterocycles. The Labute approximate surface area is 217 Å². The Morgan fingerprint density at radius 3 is 2.42 bits per heavy atom. The lowest BCUT2D eigenvalue weighted by Gasteiger charge is -2.49. The van der Waals surface area contributed by atoms with Gasteiger partial charge < -0.3 is 19.5 Å². The number of morpholine rings is 1. The number of fused-ring (bicyclic) bond motifs is 1. The van der Waals surface area contributed by atoms with E-state index in [4.69, 9.17) is 9.47 Å². The molecule has 5 rings (SSSR count). The molecule has 12 nitrogen and oxygen atoms in total. The van der Waals surface area contributed by atoms with Gasteiger partial charge in [-0.05, 0) is 32.9 Å². The molecule has 0 aliphatic carbocycles. The number of carboxylic acid groups (broad SMARTS) is 1. The number of hydrogen-bond donors (Lipinski definition) is 1. The van der Waals surface area contributed by atoms with Crippen molar-refractivity contribution in [2.75, 3.05) is 56.3 Å². The van der Waals surface area contributed by atoms with Crippen LogP contribution in [0.3, 0.4) is 0 Å². The number of para-hydroxylation sites is 1. The summed E-state index contributed by atoms with van der Waals surface area (Å²) in [5.74, 6) is -0.376. The summed E-state index contributed by atoms with van der Waals surface area (Å²) in [5.41, 5.74) is 0.384. The van der Waals surface area contributed by atoms with E-state index in [1.165, 1.54) is 7.11 Å². The highest BCUT2D eigenvalue weighted by Crippen LogP contribution is 2.33. The maximum atomic E-state index is 14.2. The third-order valence-corrected chi connectivity index (χ3v) is 6.78. The summed E-state index contributed by atoms with van der Waals surface area (Å²) in [6, 6.07) is 4.47. The first-order chi connectivity index (χ1) is 18.1. The van der Waals surface area contributed by atoms with Gasteiger partial charge in [0.05, 0.1) is 31.9 Å². The molecule has 2 aliphatic rings. The van der Waals surface area contributed by atoms with E-state index in [-0.39, 0.29) is 28.9 Å². The standard InChI is InChI=1S/C24H30F2N8O4/c1-24(2,3)32-12-14(13-32)33(23(35)36)21-28-20(31-8-10-38-11-9-31)29-22(30-21)34-15-6-5-7-16(37-4)17(15)27-19(34)18(25)26/h5-7,14,18H,8-13H2,1-4H3,(H,35,36). The predicted molar refractivity (Wildman–Crippen MR) is 135 cm³/mol. The van der Waals surface area contributed by atoms with Crippen molar-refractivity contribution < 1.29 is 28.2 Å². The van der Waals surface area contributed by atoms with Gasteiger partial charge in [0.15, 0.2) is 5.82 Å². The fraction of sp³-hybridized carbons (Fsp3) is 0.542. The maximum absolute atomic E-state index is 14.2. The molecular formula is C24H30F2N8O4. The predicted octanol–water partition coefficient (Wildman–Crippen LogP) is 2.96. The van der Waals surface area contributed by atoms with Crippen LogP contribution in [-0.2, 0) is 4.74 Å². The first-order valence-corrected chi connectivity index (χ1v) is 12.3. The lowest BCUT2D eigenvalue weighted by molar-refractivity contribution is 0.0455. The van der Waals surface area contributed by atoms with Crippen molar-refractivity contribution in [3.05, 3.63) is 24.0 Å². The van der Waals surface area contributed by atoms with Crippen LogP contribution in [-0.4, -0.2) is 98.7 Å². The smallest absolute Gasteiger partial charge is 0.414 e. The SMILES string of the molecule is COc1cccc2c1nc(C(F)F)n2-c1nc(N2CCOCC2)nc(N(C(=O)O)C2CN(C(C)(C)C)C2)n1. The first-order valence-electron chi connectivity index (χ1n) is 12.3. The van der Waals surface area contributed by atoms with Gasteiger partial charge in [-0.2, -0.15) is 15.0 Å². The summed E-state index contributed by atoms with van der Waals surface area (Å²) < 4.78 is 40.4. The topological polar surface area (TPSA) is 122 Å². The average Bonchev–Trinajstić information content (AvgIpc) is 3.25. The van der Waals surface area contributed by atoms with E-state index in [1.54, 1.807) is 18.2 Å². The van der Waals surface area contributed by atoms with E-state index in [1.807, 2.05) is 4.90 Å². The van der Waals surface area contributed by atoms with Crippen molar-refractivity contribution in [3.8, 4) is 11.7 Å². The van der Waals surface area contributed by atoms with Gasteiger partial charge in [-0.3, -0.25) is 9.47 Å². The number of hydrogen-bond acceptors (Lipinski definition) is 9. The number of aromatic nitrogens is 5. The molecule has 0 spiro atoms. The number of carbonyl (C=O) groups is 1. The molecule has 4 heterocycles. The quantitative estimate of drug-likeness (QED) is 0.507. The normalized spacial score (nSPS) is 17.2. The van der Waals surface area contributed by atoms with Crippen LogP contribution in [0.15, 0.2) is 18.2 Å². The van der Waals surface area contributed by atoms with Crippen LogP contribution in [0.2, 0.25) is 0 Å². The minimum atomic E-state index is -2.96. The Bertz CT molecular complexity index is 1330. The van der Waals surface area contributed by atoms with E-state index < -0.39 is 24.4 Å². The molecule has 204 valence electrons. The van der Waals surface area contributed by atoms with Crippen molar-refractivity contribution in [2.24, 2.45) is 0 Å². The highest BCUT2D eigenvalue weighted by molar-refractivity contribution is 5.86. The molecule has 1 N–H and O–H groups in total. The summed E-state index contributed by atoms with van der Waals surface area (Å²) in [6.07, 6.45) is -4.19. The molecule has 0 bridgehead atoms. The molecule has 3 aromatic rings. The fourth-order valence-electron chi connectivity index (χ4n) is 4.64. The number of rotatable bonds is 6. The number of benzene rings is 1. The van der Waals surface area contributed by atoms with Gasteiger partial charge in [0.1, 0.15) is 11.3 Å². The van der Waals surface area contributed by atoms with Crippen LogP contribution in [0.25, 0.3) is 17.0 Å². The van der Waals surface area contributed by atoms with Crippen molar-refractivity contribution in [1.82, 2.24) is 29.4 Å². The molecule has 1 aromatic carbocycles. The Hall–Kier alpha value is -3.65. The number of halogens is 2. The monoisotopic (exact) mass is 532 g/mol. The summed E-state index contributed by atoms with van der Waals surface area (Å²) in [6.45, 7) is 8.89. The first kappa shape index (κ1) is 26.0. The highest BCUT2D eigenvalue weighted by atomic mass is 19.3. The van der Waals surface area contributed by atoms with Crippen LogP contribution in [0.5, 0.6) is 5.75 Å². The largest absolute Gasteiger partial charge is 0.494 e. The van der Waals surface area contributed by atoms with E-state index in [0.29, 0.717) is 50.7 Å². The van der Waals surface area contributed by atoms with Gasteiger partial charge in [-0.1, -0.05) is 6.07 Å². The summed E-state index contributed by atoms with van der Waals surface area (Å²) in [7, 11) is 1.43. The summed E-state index contributed by atoms with van der Waals surface area (Å²) in [5, 5.41) is 10.2. The Morgan fingerprint density at radius 2 is 1.82 bits per heavy atom. The van der Waals surface area contributed by atoms with Crippen LogP contribution in [0, 0.1) is 0 Å². The van der Waals surface area contributed by atoms with Crippen molar-refractivity contribution in [3.63, 3.8) is 0 Å². The van der Waals surface area contributed by atoms with Crippen molar-refractivity contribution >= 4 is 29.0 Å². The number of amides is 1. The van der Waals surface area contributed by atoms with Gasteiger partial charge >= 0.3 is 6.09 Å². The molecule has 14 heteroatoms. The van der Waals surface area contributed by atoms with E-state index in [9.17, 15) is 18.7 Å². The lowest BCUT2D eigenvalue weighted by atomic mass is 9.97. The Morgan fingerprint density at radius 1 is 1.13 bits per heavy atom. The Balaban J connectivity index is 1.67. The van der Waals surface area contributed by atoms with Gasteiger partial charge in [-0.15, -0.1) is 0 Å². The maximum Gasteiger partial charge on any atom is 0.414 e. The molecule has 0 unspecified atom stereocenters. The third-order valence-electron chi connectivity index (χ3n) is 6.78. The van der Waals surface area contributed by atoms with Crippen molar-refractivity contribution in [2.45, 2.75) is 38.8 Å². The third kappa shape index (κ3) is 4.69. The highest BCUT2D eigenvalue weighted by Gasteiger charge is 2.42. The molecular weight excluding hydrogens is 502 g/mol. The van der Waals surface area contributed by atoms with Crippen LogP contribution in [0.4, 0.5) is 25.5 Å². The van der Waals surface area contributed by atoms with Crippen molar-refractivity contribution in [1.29, 1.82) is 0 Å². The second-order valence-electron chi connectivity index (χ2n) is 10.2. The minimum absolute atomic E-state index is 0.132. The zero-order chi connectivity index (χ0) is 27.2. The van der Waals surface area contributed by atoms with E-state index in [0.717, 1.165) is 9.47 Å². The van der Waals surface area contributed by atoms with E-state index in [2.05, 4.69) is 45.6 Å². The number of imidazole rings is 1. The number of anilines is 2.